The molecule has 3 rings (SSSR count). The molecule has 2 unspecified atom stereocenters. The number of carbonyl (C=O) groups is 1. The van der Waals surface area contributed by atoms with Gasteiger partial charge in [0.2, 0.25) is 0 Å². The van der Waals surface area contributed by atoms with Crippen molar-refractivity contribution in [2.24, 2.45) is 0 Å². The summed E-state index contributed by atoms with van der Waals surface area (Å²) in [5, 5.41) is 0. The van der Waals surface area contributed by atoms with E-state index in [2.05, 4.69) is 12.2 Å². The van der Waals surface area contributed by atoms with Crippen molar-refractivity contribution in [3.8, 4) is 5.75 Å². The van der Waals surface area contributed by atoms with E-state index in [0.717, 1.165) is 19.3 Å². The SMILES string of the molecule is O=C(COc1ccc(F)cc1)N1C2C=CCC1CC2. The summed E-state index contributed by atoms with van der Waals surface area (Å²) in [5.74, 6) is 0.230. The summed E-state index contributed by atoms with van der Waals surface area (Å²) in [5.41, 5.74) is 0. The van der Waals surface area contributed by atoms with E-state index in [0.29, 0.717) is 11.8 Å². The van der Waals surface area contributed by atoms with Crippen molar-refractivity contribution in [1.82, 2.24) is 4.90 Å². The van der Waals surface area contributed by atoms with Crippen molar-refractivity contribution < 1.29 is 13.9 Å². The maximum Gasteiger partial charge on any atom is 0.261 e. The van der Waals surface area contributed by atoms with E-state index in [1.54, 1.807) is 0 Å². The Morgan fingerprint density at radius 2 is 2.11 bits per heavy atom. The highest BCUT2D eigenvalue weighted by Gasteiger charge is 2.36. The van der Waals surface area contributed by atoms with Crippen LogP contribution < -0.4 is 4.74 Å². The molecule has 0 saturated carbocycles. The lowest BCUT2D eigenvalue weighted by atomic mass is 10.1. The molecule has 1 saturated heterocycles. The molecule has 2 heterocycles. The monoisotopic (exact) mass is 261 g/mol. The molecule has 0 spiro atoms. The highest BCUT2D eigenvalue weighted by Crippen LogP contribution is 2.31. The number of fused-ring (bicyclic) bond motifs is 2. The molecule has 2 atom stereocenters. The second kappa shape index (κ2) is 5.03. The summed E-state index contributed by atoms with van der Waals surface area (Å²) in [6, 6.07) is 6.29. The van der Waals surface area contributed by atoms with Crippen LogP contribution in [-0.2, 0) is 4.79 Å². The molecule has 2 bridgehead atoms. The second-order valence-electron chi connectivity index (χ2n) is 5.01. The van der Waals surface area contributed by atoms with Crippen LogP contribution in [0, 0.1) is 5.82 Å². The minimum Gasteiger partial charge on any atom is -0.484 e. The molecule has 0 aromatic heterocycles. The predicted molar refractivity (Wildman–Crippen MR) is 69.3 cm³/mol. The molecule has 2 aliphatic rings. The lowest BCUT2D eigenvalue weighted by Crippen LogP contribution is -2.44. The zero-order valence-corrected chi connectivity index (χ0v) is 10.6. The first-order valence-corrected chi connectivity index (χ1v) is 6.60. The minimum absolute atomic E-state index is 0.0150. The molecule has 100 valence electrons. The molecular weight excluding hydrogens is 245 g/mol. The Morgan fingerprint density at radius 3 is 2.84 bits per heavy atom. The first-order chi connectivity index (χ1) is 9.24. The van der Waals surface area contributed by atoms with Gasteiger partial charge in [-0.1, -0.05) is 12.2 Å². The zero-order chi connectivity index (χ0) is 13.2. The van der Waals surface area contributed by atoms with Crippen LogP contribution in [0.25, 0.3) is 0 Å². The van der Waals surface area contributed by atoms with Gasteiger partial charge in [-0.15, -0.1) is 0 Å². The third kappa shape index (κ3) is 2.48. The van der Waals surface area contributed by atoms with Crippen molar-refractivity contribution in [3.63, 3.8) is 0 Å². The third-order valence-corrected chi connectivity index (χ3v) is 3.78. The Bertz CT molecular complexity index is 497. The average molecular weight is 261 g/mol. The molecule has 1 fully saturated rings. The van der Waals surface area contributed by atoms with Crippen LogP contribution in [0.1, 0.15) is 19.3 Å². The Kier molecular flexibility index (Phi) is 3.23. The fourth-order valence-corrected chi connectivity index (χ4v) is 2.86. The average Bonchev–Trinajstić information content (AvgIpc) is 2.67. The fourth-order valence-electron chi connectivity index (χ4n) is 2.86. The lowest BCUT2D eigenvalue weighted by Gasteiger charge is -2.31. The lowest BCUT2D eigenvalue weighted by molar-refractivity contribution is -0.135. The van der Waals surface area contributed by atoms with Crippen LogP contribution >= 0.6 is 0 Å². The standard InChI is InChI=1S/C15H16FNO2/c16-11-4-8-14(9-5-11)19-10-15(18)17-12-2-1-3-13(17)7-6-12/h1-2,4-5,8-9,12-13H,3,6-7,10H2. The second-order valence-corrected chi connectivity index (χ2v) is 5.01. The summed E-state index contributed by atoms with van der Waals surface area (Å²) in [7, 11) is 0. The maximum absolute atomic E-state index is 12.7. The number of hydrogen-bond donors (Lipinski definition) is 0. The Balaban J connectivity index is 1.60. The highest BCUT2D eigenvalue weighted by atomic mass is 19.1. The van der Waals surface area contributed by atoms with Crippen LogP contribution in [0.2, 0.25) is 0 Å². The van der Waals surface area contributed by atoms with E-state index in [9.17, 15) is 9.18 Å². The van der Waals surface area contributed by atoms with Crippen LogP contribution in [0.4, 0.5) is 4.39 Å². The predicted octanol–water partition coefficient (Wildman–Crippen LogP) is 2.52. The van der Waals surface area contributed by atoms with Gasteiger partial charge in [0.05, 0.1) is 6.04 Å². The number of amides is 1. The molecular formula is C15H16FNO2. The number of carbonyl (C=O) groups excluding carboxylic acids is 1. The van der Waals surface area contributed by atoms with Gasteiger partial charge in [0, 0.05) is 6.04 Å². The number of hydrogen-bond acceptors (Lipinski definition) is 2. The first-order valence-electron chi connectivity index (χ1n) is 6.60. The van der Waals surface area contributed by atoms with Gasteiger partial charge in [0.1, 0.15) is 11.6 Å². The Labute approximate surface area is 111 Å². The molecule has 1 aromatic rings. The Hall–Kier alpha value is -1.84. The summed E-state index contributed by atoms with van der Waals surface area (Å²) in [6.45, 7) is 0.0203. The number of rotatable bonds is 3. The smallest absolute Gasteiger partial charge is 0.261 e. The van der Waals surface area contributed by atoms with E-state index in [4.69, 9.17) is 4.74 Å². The van der Waals surface area contributed by atoms with E-state index in [1.165, 1.54) is 24.3 Å². The molecule has 19 heavy (non-hydrogen) atoms. The summed E-state index contributed by atoms with van der Waals surface area (Å²) >= 11 is 0. The summed E-state index contributed by atoms with van der Waals surface area (Å²) in [4.78, 5) is 14.1. The van der Waals surface area contributed by atoms with Gasteiger partial charge in [-0.3, -0.25) is 4.79 Å². The third-order valence-electron chi connectivity index (χ3n) is 3.78. The largest absolute Gasteiger partial charge is 0.484 e. The van der Waals surface area contributed by atoms with Gasteiger partial charge in [-0.05, 0) is 43.5 Å². The molecule has 3 nitrogen and oxygen atoms in total. The molecule has 0 N–H and O–H groups in total. The minimum atomic E-state index is -0.308. The molecule has 1 aromatic carbocycles. The number of halogens is 1. The fraction of sp³-hybridized carbons (Fsp3) is 0.400. The zero-order valence-electron chi connectivity index (χ0n) is 10.6. The van der Waals surface area contributed by atoms with Crippen molar-refractivity contribution in [2.45, 2.75) is 31.3 Å². The topological polar surface area (TPSA) is 29.5 Å². The van der Waals surface area contributed by atoms with Crippen molar-refractivity contribution in [1.29, 1.82) is 0 Å². The van der Waals surface area contributed by atoms with Gasteiger partial charge in [0.15, 0.2) is 6.61 Å². The van der Waals surface area contributed by atoms with Crippen molar-refractivity contribution in [2.75, 3.05) is 6.61 Å². The van der Waals surface area contributed by atoms with Crippen molar-refractivity contribution >= 4 is 5.91 Å². The number of benzene rings is 1. The van der Waals surface area contributed by atoms with Crippen LogP contribution in [0.15, 0.2) is 36.4 Å². The number of ether oxygens (including phenoxy) is 1. The van der Waals surface area contributed by atoms with E-state index in [1.807, 2.05) is 4.90 Å². The van der Waals surface area contributed by atoms with Gasteiger partial charge < -0.3 is 9.64 Å². The van der Waals surface area contributed by atoms with E-state index < -0.39 is 0 Å². The molecule has 4 heteroatoms. The molecule has 2 aliphatic heterocycles. The van der Waals surface area contributed by atoms with E-state index in [-0.39, 0.29) is 24.4 Å². The van der Waals surface area contributed by atoms with Crippen LogP contribution in [0.3, 0.4) is 0 Å². The van der Waals surface area contributed by atoms with Crippen molar-refractivity contribution in [3.05, 3.63) is 42.2 Å². The first kappa shape index (κ1) is 12.2. The van der Waals surface area contributed by atoms with Gasteiger partial charge in [-0.25, -0.2) is 4.39 Å². The van der Waals surface area contributed by atoms with Gasteiger partial charge in [-0.2, -0.15) is 0 Å². The summed E-state index contributed by atoms with van der Waals surface area (Å²) in [6.07, 6.45) is 7.33. The quantitative estimate of drug-likeness (QED) is 0.782. The molecule has 0 radical (unpaired) electrons. The molecule has 1 amide bonds. The maximum atomic E-state index is 12.7. The Morgan fingerprint density at radius 1 is 1.32 bits per heavy atom. The molecule has 0 aliphatic carbocycles. The number of nitrogens with zero attached hydrogens (tertiary/aromatic N) is 1. The van der Waals surface area contributed by atoms with E-state index >= 15 is 0 Å². The van der Waals surface area contributed by atoms with Gasteiger partial charge in [0.25, 0.3) is 5.91 Å². The normalized spacial score (nSPS) is 24.6. The summed E-state index contributed by atoms with van der Waals surface area (Å²) < 4.78 is 18.2. The van der Waals surface area contributed by atoms with Gasteiger partial charge >= 0.3 is 0 Å². The van der Waals surface area contributed by atoms with Crippen LogP contribution in [-0.4, -0.2) is 29.5 Å². The highest BCUT2D eigenvalue weighted by molar-refractivity contribution is 5.79. The van der Waals surface area contributed by atoms with Crippen LogP contribution in [0.5, 0.6) is 5.75 Å².